The SMILES string of the molecule is CC(=O)C(C)=O.Cc1cc(F)c2nc(C(=O)O)cc(C(=O)O)c2c1. The zero-order chi connectivity index (χ0) is 18.6. The van der Waals surface area contributed by atoms with E-state index in [4.69, 9.17) is 10.2 Å². The number of nitrogens with zero attached hydrogens (tertiary/aromatic N) is 1. The van der Waals surface area contributed by atoms with Crippen LogP contribution in [-0.2, 0) is 9.59 Å². The average molecular weight is 335 g/mol. The highest BCUT2D eigenvalue weighted by molar-refractivity contribution is 6.35. The molecular formula is C16H14FNO6. The Morgan fingerprint density at radius 3 is 1.92 bits per heavy atom. The van der Waals surface area contributed by atoms with Crippen molar-refractivity contribution in [1.29, 1.82) is 0 Å². The summed E-state index contributed by atoms with van der Waals surface area (Å²) in [6.45, 7) is 4.12. The molecule has 2 rings (SSSR count). The van der Waals surface area contributed by atoms with Gasteiger partial charge in [0.25, 0.3) is 0 Å². The topological polar surface area (TPSA) is 122 Å². The molecule has 2 N–H and O–H groups in total. The summed E-state index contributed by atoms with van der Waals surface area (Å²) >= 11 is 0. The van der Waals surface area contributed by atoms with Gasteiger partial charge in [0.2, 0.25) is 0 Å². The van der Waals surface area contributed by atoms with Crippen molar-refractivity contribution in [3.8, 4) is 0 Å². The van der Waals surface area contributed by atoms with E-state index in [-0.39, 0.29) is 28.0 Å². The molecule has 1 aromatic heterocycles. The average Bonchev–Trinajstić information content (AvgIpc) is 2.46. The van der Waals surface area contributed by atoms with Crippen LogP contribution < -0.4 is 0 Å². The fraction of sp³-hybridized carbons (Fsp3) is 0.188. The van der Waals surface area contributed by atoms with Gasteiger partial charge >= 0.3 is 11.9 Å². The molecule has 24 heavy (non-hydrogen) atoms. The van der Waals surface area contributed by atoms with Gasteiger partial charge in [-0.3, -0.25) is 9.59 Å². The molecule has 0 aliphatic heterocycles. The molecule has 0 bridgehead atoms. The molecule has 1 heterocycles. The Hall–Kier alpha value is -3.16. The molecule has 8 heteroatoms. The minimum atomic E-state index is -1.40. The number of carbonyl (C=O) groups is 4. The third-order valence-corrected chi connectivity index (χ3v) is 2.96. The number of benzene rings is 1. The fourth-order valence-corrected chi connectivity index (χ4v) is 1.71. The lowest BCUT2D eigenvalue weighted by Gasteiger charge is -2.06. The van der Waals surface area contributed by atoms with Crippen LogP contribution in [0, 0.1) is 12.7 Å². The Bertz CT molecular complexity index is 847. The van der Waals surface area contributed by atoms with E-state index in [0.29, 0.717) is 5.56 Å². The number of aryl methyl sites for hydroxylation is 1. The van der Waals surface area contributed by atoms with Crippen LogP contribution in [0.15, 0.2) is 18.2 Å². The summed E-state index contributed by atoms with van der Waals surface area (Å²) in [6, 6.07) is 3.55. The highest BCUT2D eigenvalue weighted by Crippen LogP contribution is 2.23. The zero-order valence-corrected chi connectivity index (χ0v) is 13.1. The lowest BCUT2D eigenvalue weighted by molar-refractivity contribution is -0.134. The van der Waals surface area contributed by atoms with Crippen LogP contribution in [-0.4, -0.2) is 38.7 Å². The Kier molecular flexibility index (Phi) is 5.83. The van der Waals surface area contributed by atoms with Crippen molar-refractivity contribution in [2.75, 3.05) is 0 Å². The van der Waals surface area contributed by atoms with Gasteiger partial charge < -0.3 is 10.2 Å². The summed E-state index contributed by atoms with van der Waals surface area (Å²) in [4.78, 5) is 45.1. The fourth-order valence-electron chi connectivity index (χ4n) is 1.71. The van der Waals surface area contributed by atoms with Gasteiger partial charge in [-0.2, -0.15) is 0 Å². The second kappa shape index (κ2) is 7.40. The molecule has 0 amide bonds. The van der Waals surface area contributed by atoms with Crippen LogP contribution in [0.1, 0.15) is 40.3 Å². The third-order valence-electron chi connectivity index (χ3n) is 2.96. The predicted octanol–water partition coefficient (Wildman–Crippen LogP) is 2.24. The number of hydrogen-bond donors (Lipinski definition) is 2. The summed E-state index contributed by atoms with van der Waals surface area (Å²) in [5, 5.41) is 17.9. The van der Waals surface area contributed by atoms with E-state index >= 15 is 0 Å². The van der Waals surface area contributed by atoms with E-state index in [1.165, 1.54) is 26.0 Å². The number of carbonyl (C=O) groups excluding carboxylic acids is 2. The Labute approximate surface area is 135 Å². The maximum absolute atomic E-state index is 13.7. The molecule has 7 nitrogen and oxygen atoms in total. The van der Waals surface area contributed by atoms with E-state index in [2.05, 4.69) is 4.98 Å². The Balaban J connectivity index is 0.000000413. The number of hydrogen-bond acceptors (Lipinski definition) is 5. The standard InChI is InChI=1S/C12H8FNO4.C4H6O2/c1-5-2-6-7(11(15)16)4-9(12(17)18)14-10(6)8(13)3-5;1-3(5)4(2)6/h2-4H,1H3,(H,15,16)(H,17,18);1-2H3. The van der Waals surface area contributed by atoms with Gasteiger partial charge in [-0.25, -0.2) is 19.0 Å². The molecule has 0 saturated heterocycles. The van der Waals surface area contributed by atoms with E-state index in [9.17, 15) is 23.6 Å². The normalized spacial score (nSPS) is 9.83. The van der Waals surface area contributed by atoms with Crippen molar-refractivity contribution in [3.05, 3.63) is 40.8 Å². The minimum Gasteiger partial charge on any atom is -0.478 e. The van der Waals surface area contributed by atoms with Gasteiger partial charge in [0.1, 0.15) is 17.0 Å². The van der Waals surface area contributed by atoms with Gasteiger partial charge in [-0.15, -0.1) is 0 Å². The van der Waals surface area contributed by atoms with Crippen molar-refractivity contribution in [3.63, 3.8) is 0 Å². The van der Waals surface area contributed by atoms with Crippen LogP contribution in [0.5, 0.6) is 0 Å². The first-order valence-electron chi connectivity index (χ1n) is 6.63. The Morgan fingerprint density at radius 2 is 1.50 bits per heavy atom. The van der Waals surface area contributed by atoms with Crippen molar-refractivity contribution < 1.29 is 33.8 Å². The molecule has 0 saturated carbocycles. The van der Waals surface area contributed by atoms with Gasteiger partial charge in [0, 0.05) is 19.2 Å². The van der Waals surface area contributed by atoms with Gasteiger partial charge in [-0.1, -0.05) is 0 Å². The molecule has 0 spiro atoms. The van der Waals surface area contributed by atoms with E-state index in [1.807, 2.05) is 0 Å². The first-order chi connectivity index (χ1) is 11.0. The molecule has 1 aromatic carbocycles. The van der Waals surface area contributed by atoms with Crippen LogP contribution in [0.4, 0.5) is 4.39 Å². The molecular weight excluding hydrogens is 321 g/mol. The van der Waals surface area contributed by atoms with Crippen LogP contribution in [0.3, 0.4) is 0 Å². The lowest BCUT2D eigenvalue weighted by atomic mass is 10.0. The molecule has 0 aliphatic carbocycles. The van der Waals surface area contributed by atoms with Crippen molar-refractivity contribution in [2.24, 2.45) is 0 Å². The molecule has 0 unspecified atom stereocenters. The van der Waals surface area contributed by atoms with Crippen LogP contribution >= 0.6 is 0 Å². The molecule has 2 aromatic rings. The first-order valence-corrected chi connectivity index (χ1v) is 6.63. The van der Waals surface area contributed by atoms with Crippen molar-refractivity contribution >= 4 is 34.4 Å². The third kappa shape index (κ3) is 4.42. The molecule has 0 atom stereocenters. The summed E-state index contributed by atoms with van der Waals surface area (Å²) < 4.78 is 13.7. The zero-order valence-electron chi connectivity index (χ0n) is 13.1. The van der Waals surface area contributed by atoms with Crippen LogP contribution in [0.25, 0.3) is 10.9 Å². The first kappa shape index (κ1) is 18.9. The molecule has 0 aliphatic rings. The minimum absolute atomic E-state index is 0.0880. The number of carboxylic acids is 2. The molecule has 0 fully saturated rings. The second-order valence-electron chi connectivity index (χ2n) is 4.92. The van der Waals surface area contributed by atoms with E-state index in [1.54, 1.807) is 6.92 Å². The number of halogens is 1. The number of carboxylic acid groups (broad SMARTS) is 2. The highest BCUT2D eigenvalue weighted by Gasteiger charge is 2.17. The number of rotatable bonds is 3. The number of fused-ring (bicyclic) bond motifs is 1. The largest absolute Gasteiger partial charge is 0.478 e. The number of Topliss-reactive ketones (excluding diaryl/α,β-unsaturated/α-hetero) is 2. The lowest BCUT2D eigenvalue weighted by Crippen LogP contribution is -2.07. The van der Waals surface area contributed by atoms with Gasteiger partial charge in [0.15, 0.2) is 11.6 Å². The highest BCUT2D eigenvalue weighted by atomic mass is 19.1. The maximum atomic E-state index is 13.7. The quantitative estimate of drug-likeness (QED) is 0.825. The van der Waals surface area contributed by atoms with Crippen molar-refractivity contribution in [1.82, 2.24) is 4.98 Å². The molecule has 0 radical (unpaired) electrons. The van der Waals surface area contributed by atoms with E-state index in [0.717, 1.165) is 6.07 Å². The number of aromatic nitrogens is 1. The predicted molar refractivity (Wildman–Crippen MR) is 81.7 cm³/mol. The van der Waals surface area contributed by atoms with E-state index < -0.39 is 23.4 Å². The number of pyridine rings is 1. The van der Waals surface area contributed by atoms with Crippen molar-refractivity contribution in [2.45, 2.75) is 20.8 Å². The summed E-state index contributed by atoms with van der Waals surface area (Å²) in [5.74, 6) is -4.23. The number of aromatic carboxylic acids is 2. The second-order valence-corrected chi connectivity index (χ2v) is 4.92. The summed E-state index contributed by atoms with van der Waals surface area (Å²) in [7, 11) is 0. The maximum Gasteiger partial charge on any atom is 0.354 e. The molecule has 126 valence electrons. The summed E-state index contributed by atoms with van der Waals surface area (Å²) in [6.07, 6.45) is 0. The number of ketones is 2. The summed E-state index contributed by atoms with van der Waals surface area (Å²) in [5.41, 5.74) is -0.493. The van der Waals surface area contributed by atoms with Gasteiger partial charge in [0.05, 0.1) is 5.56 Å². The van der Waals surface area contributed by atoms with Crippen LogP contribution in [0.2, 0.25) is 0 Å². The monoisotopic (exact) mass is 335 g/mol. The smallest absolute Gasteiger partial charge is 0.354 e. The Morgan fingerprint density at radius 1 is 0.958 bits per heavy atom. The van der Waals surface area contributed by atoms with Gasteiger partial charge in [-0.05, 0) is 30.7 Å².